The summed E-state index contributed by atoms with van der Waals surface area (Å²) in [4.78, 5) is 12.4. The first-order valence-corrected chi connectivity index (χ1v) is 6.57. The van der Waals surface area contributed by atoms with Gasteiger partial charge < -0.3 is 0 Å². The Morgan fingerprint density at radius 1 is 1.24 bits per heavy atom. The molecule has 0 aromatic heterocycles. The monoisotopic (exact) mass is 248 g/mol. The van der Waals surface area contributed by atoms with Gasteiger partial charge in [-0.2, -0.15) is 0 Å². The van der Waals surface area contributed by atoms with Crippen molar-refractivity contribution >= 4 is 17.4 Å². The molecule has 0 bridgehead atoms. The molecule has 2 heteroatoms. The molecular formula is C15H17ClO. The summed E-state index contributed by atoms with van der Waals surface area (Å²) in [6.07, 6.45) is 7.52. The fraction of sp³-hybridized carbons (Fsp3) is 0.400. The van der Waals surface area contributed by atoms with Crippen LogP contribution < -0.4 is 0 Å². The number of carbonyl (C=O) groups excluding carboxylic acids is 1. The van der Waals surface area contributed by atoms with Gasteiger partial charge in [-0.25, -0.2) is 0 Å². The lowest BCUT2D eigenvalue weighted by atomic mass is 9.98. The summed E-state index contributed by atoms with van der Waals surface area (Å²) in [6.45, 7) is 1.93. The lowest BCUT2D eigenvalue weighted by molar-refractivity contribution is 0.103. The first-order valence-electron chi connectivity index (χ1n) is 6.19. The van der Waals surface area contributed by atoms with Gasteiger partial charge in [0.1, 0.15) is 0 Å². The molecule has 0 spiro atoms. The number of carbonyl (C=O) groups is 1. The average Bonchev–Trinajstić information content (AvgIpc) is 2.60. The molecule has 0 fully saturated rings. The number of halogens is 1. The van der Waals surface area contributed by atoms with E-state index in [1.165, 1.54) is 12.8 Å². The van der Waals surface area contributed by atoms with E-state index in [-0.39, 0.29) is 5.78 Å². The fourth-order valence-corrected chi connectivity index (χ4v) is 2.43. The number of benzene rings is 1. The van der Waals surface area contributed by atoms with Gasteiger partial charge >= 0.3 is 0 Å². The number of rotatable bonds is 2. The summed E-state index contributed by atoms with van der Waals surface area (Å²) in [5.74, 6) is 0.112. The molecule has 1 aromatic carbocycles. The second-order valence-corrected chi connectivity index (χ2v) is 4.97. The third kappa shape index (κ3) is 2.78. The lowest BCUT2D eigenvalue weighted by Crippen LogP contribution is -2.04. The summed E-state index contributed by atoms with van der Waals surface area (Å²) in [6, 6.07) is 5.65. The molecule has 1 aliphatic rings. The van der Waals surface area contributed by atoms with Crippen molar-refractivity contribution in [1.29, 1.82) is 0 Å². The van der Waals surface area contributed by atoms with Crippen LogP contribution >= 0.6 is 11.6 Å². The molecular weight excluding hydrogens is 232 g/mol. The largest absolute Gasteiger partial charge is 0.289 e. The van der Waals surface area contributed by atoms with Gasteiger partial charge in [0.2, 0.25) is 0 Å². The highest BCUT2D eigenvalue weighted by molar-refractivity contribution is 6.35. The maximum Gasteiger partial charge on any atom is 0.190 e. The van der Waals surface area contributed by atoms with Crippen molar-refractivity contribution in [3.05, 3.63) is 46.0 Å². The summed E-state index contributed by atoms with van der Waals surface area (Å²) >= 11 is 6.20. The molecule has 0 heterocycles. The molecule has 1 nitrogen and oxygen atoms in total. The van der Waals surface area contributed by atoms with Crippen LogP contribution in [-0.4, -0.2) is 5.78 Å². The zero-order valence-electron chi connectivity index (χ0n) is 10.1. The van der Waals surface area contributed by atoms with E-state index in [9.17, 15) is 4.79 Å². The molecule has 0 unspecified atom stereocenters. The summed E-state index contributed by atoms with van der Waals surface area (Å²) in [5, 5.41) is 0.600. The van der Waals surface area contributed by atoms with E-state index in [1.807, 2.05) is 25.1 Å². The van der Waals surface area contributed by atoms with Crippen molar-refractivity contribution < 1.29 is 4.79 Å². The molecule has 17 heavy (non-hydrogen) atoms. The third-order valence-electron chi connectivity index (χ3n) is 3.27. The van der Waals surface area contributed by atoms with Gasteiger partial charge in [-0.15, -0.1) is 0 Å². The minimum absolute atomic E-state index is 0.112. The van der Waals surface area contributed by atoms with Crippen molar-refractivity contribution in [2.45, 2.75) is 39.0 Å². The van der Waals surface area contributed by atoms with E-state index in [1.54, 1.807) is 0 Å². The molecule has 0 N–H and O–H groups in total. The van der Waals surface area contributed by atoms with Crippen LogP contribution in [0, 0.1) is 6.92 Å². The van der Waals surface area contributed by atoms with Crippen molar-refractivity contribution in [3.8, 4) is 0 Å². The van der Waals surface area contributed by atoms with E-state index in [0.717, 1.165) is 30.4 Å². The number of ketones is 1. The predicted molar refractivity (Wildman–Crippen MR) is 71.7 cm³/mol. The molecule has 0 atom stereocenters. The normalized spacial score (nSPS) is 16.2. The van der Waals surface area contributed by atoms with Crippen LogP contribution in [0.2, 0.25) is 5.02 Å². The fourth-order valence-electron chi connectivity index (χ4n) is 2.22. The van der Waals surface area contributed by atoms with Crippen molar-refractivity contribution in [2.75, 3.05) is 0 Å². The highest BCUT2D eigenvalue weighted by Crippen LogP contribution is 2.26. The van der Waals surface area contributed by atoms with Crippen molar-refractivity contribution in [2.24, 2.45) is 0 Å². The van der Waals surface area contributed by atoms with Gasteiger partial charge in [-0.1, -0.05) is 36.2 Å². The number of hydrogen-bond donors (Lipinski definition) is 0. The minimum Gasteiger partial charge on any atom is -0.289 e. The van der Waals surface area contributed by atoms with E-state index in [4.69, 9.17) is 11.6 Å². The zero-order chi connectivity index (χ0) is 12.3. The maximum absolute atomic E-state index is 12.4. The first-order chi connectivity index (χ1) is 8.20. The van der Waals surface area contributed by atoms with Crippen LogP contribution in [-0.2, 0) is 0 Å². The van der Waals surface area contributed by atoms with E-state index in [0.29, 0.717) is 10.6 Å². The Kier molecular flexibility index (Phi) is 4.01. The van der Waals surface area contributed by atoms with E-state index >= 15 is 0 Å². The molecule has 2 rings (SSSR count). The molecule has 0 saturated carbocycles. The van der Waals surface area contributed by atoms with E-state index < -0.39 is 0 Å². The summed E-state index contributed by atoms with van der Waals surface area (Å²) < 4.78 is 0. The molecule has 0 radical (unpaired) electrons. The Morgan fingerprint density at radius 3 is 2.88 bits per heavy atom. The minimum atomic E-state index is 0.112. The molecule has 0 amide bonds. The molecule has 1 aromatic rings. The predicted octanol–water partition coefficient (Wildman–Crippen LogP) is 4.72. The number of hydrogen-bond acceptors (Lipinski definition) is 1. The number of allylic oxidation sites excluding steroid dienone is 2. The van der Waals surface area contributed by atoms with Crippen LogP contribution in [0.3, 0.4) is 0 Å². The van der Waals surface area contributed by atoms with Gasteiger partial charge in [0, 0.05) is 5.56 Å². The van der Waals surface area contributed by atoms with Crippen LogP contribution in [0.4, 0.5) is 0 Å². The zero-order valence-corrected chi connectivity index (χ0v) is 10.9. The molecule has 0 aliphatic heterocycles. The SMILES string of the molecule is Cc1cccc(C(=O)C2=CCCCCC2)c1Cl. The van der Waals surface area contributed by atoms with Gasteiger partial charge in [-0.3, -0.25) is 4.79 Å². The average molecular weight is 249 g/mol. The smallest absolute Gasteiger partial charge is 0.190 e. The van der Waals surface area contributed by atoms with Crippen LogP contribution in [0.5, 0.6) is 0 Å². The Bertz CT molecular complexity index is 460. The quantitative estimate of drug-likeness (QED) is 0.692. The van der Waals surface area contributed by atoms with Gasteiger partial charge in [0.05, 0.1) is 5.02 Å². The Balaban J connectivity index is 2.30. The first kappa shape index (κ1) is 12.4. The number of Topliss-reactive ketones (excluding diaryl/α,β-unsaturated/α-hetero) is 1. The van der Waals surface area contributed by atoms with Crippen LogP contribution in [0.1, 0.15) is 48.0 Å². The summed E-state index contributed by atoms with van der Waals surface area (Å²) in [5.41, 5.74) is 2.56. The van der Waals surface area contributed by atoms with Gasteiger partial charge in [0.15, 0.2) is 5.78 Å². The maximum atomic E-state index is 12.4. The van der Waals surface area contributed by atoms with Crippen LogP contribution in [0.25, 0.3) is 0 Å². The van der Waals surface area contributed by atoms with Crippen LogP contribution in [0.15, 0.2) is 29.8 Å². The Morgan fingerprint density at radius 2 is 2.06 bits per heavy atom. The molecule has 0 saturated heterocycles. The third-order valence-corrected chi connectivity index (χ3v) is 3.77. The highest BCUT2D eigenvalue weighted by Gasteiger charge is 2.16. The molecule has 90 valence electrons. The second kappa shape index (κ2) is 5.50. The van der Waals surface area contributed by atoms with Gasteiger partial charge in [-0.05, 0) is 49.8 Å². The van der Waals surface area contributed by atoms with Gasteiger partial charge in [0.25, 0.3) is 0 Å². The highest BCUT2D eigenvalue weighted by atomic mass is 35.5. The van der Waals surface area contributed by atoms with E-state index in [2.05, 4.69) is 6.08 Å². The Labute approximate surface area is 107 Å². The van der Waals surface area contributed by atoms with Crippen molar-refractivity contribution in [3.63, 3.8) is 0 Å². The second-order valence-electron chi connectivity index (χ2n) is 4.59. The lowest BCUT2D eigenvalue weighted by Gasteiger charge is -2.08. The summed E-state index contributed by atoms with van der Waals surface area (Å²) in [7, 11) is 0. The van der Waals surface area contributed by atoms with Crippen molar-refractivity contribution in [1.82, 2.24) is 0 Å². The topological polar surface area (TPSA) is 17.1 Å². The molecule has 1 aliphatic carbocycles. The Hall–Kier alpha value is -1.08. The standard InChI is InChI=1S/C15H17ClO/c1-11-7-6-10-13(14(11)16)15(17)12-8-4-2-3-5-9-12/h6-8,10H,2-5,9H2,1H3. The number of aryl methyl sites for hydroxylation is 1.